The molecule has 3 aromatic rings. The van der Waals surface area contributed by atoms with Crippen molar-refractivity contribution in [2.45, 2.75) is 0 Å². The number of carbonyl (C=O) groups is 1. The molecule has 0 unspecified atom stereocenters. The fraction of sp³-hybridized carbons (Fsp3) is 0. The molecule has 19 heavy (non-hydrogen) atoms. The molecule has 5 heteroatoms. The first kappa shape index (κ1) is 11.9. The molecular weight excluding hydrogens is 306 g/mol. The number of benzene rings is 1. The molecule has 0 aliphatic rings. The van der Waals surface area contributed by atoms with Crippen LogP contribution in [0.1, 0.15) is 10.5 Å². The van der Waals surface area contributed by atoms with Gasteiger partial charge in [0.05, 0.1) is 10.2 Å². The number of nitrogens with one attached hydrogen (secondary N) is 2. The van der Waals surface area contributed by atoms with Crippen molar-refractivity contribution in [3.05, 3.63) is 59.0 Å². The van der Waals surface area contributed by atoms with E-state index in [-0.39, 0.29) is 5.91 Å². The lowest BCUT2D eigenvalue weighted by Gasteiger charge is -2.04. The van der Waals surface area contributed by atoms with Crippen LogP contribution >= 0.6 is 15.9 Å². The van der Waals surface area contributed by atoms with Crippen LogP contribution in [0.25, 0.3) is 10.9 Å². The number of anilines is 1. The molecule has 2 aromatic heterocycles. The molecule has 0 saturated heterocycles. The Balaban J connectivity index is 1.90. The highest BCUT2D eigenvalue weighted by Crippen LogP contribution is 2.21. The Morgan fingerprint density at radius 1 is 1.26 bits per heavy atom. The van der Waals surface area contributed by atoms with Gasteiger partial charge in [-0.25, -0.2) is 0 Å². The normalized spacial score (nSPS) is 10.6. The molecular formula is C14H10BrN3O. The molecule has 3 rings (SSSR count). The van der Waals surface area contributed by atoms with Crippen LogP contribution in [-0.4, -0.2) is 15.9 Å². The van der Waals surface area contributed by atoms with Gasteiger partial charge >= 0.3 is 0 Å². The largest absolute Gasteiger partial charge is 0.351 e. The van der Waals surface area contributed by atoms with Crippen LogP contribution in [0.3, 0.4) is 0 Å². The Labute approximate surface area is 118 Å². The number of pyridine rings is 1. The van der Waals surface area contributed by atoms with E-state index in [1.165, 1.54) is 0 Å². The first-order valence-corrected chi connectivity index (χ1v) is 6.52. The van der Waals surface area contributed by atoms with Crippen LogP contribution < -0.4 is 5.32 Å². The lowest BCUT2D eigenvalue weighted by Crippen LogP contribution is -2.12. The van der Waals surface area contributed by atoms with E-state index < -0.39 is 0 Å². The van der Waals surface area contributed by atoms with Gasteiger partial charge in [-0.3, -0.25) is 9.78 Å². The third-order valence-electron chi connectivity index (χ3n) is 2.80. The smallest absolute Gasteiger partial charge is 0.272 e. The van der Waals surface area contributed by atoms with E-state index in [2.05, 4.69) is 31.2 Å². The topological polar surface area (TPSA) is 57.8 Å². The van der Waals surface area contributed by atoms with Gasteiger partial charge in [0.1, 0.15) is 5.69 Å². The molecule has 0 radical (unpaired) electrons. The van der Waals surface area contributed by atoms with E-state index in [9.17, 15) is 4.79 Å². The highest BCUT2D eigenvalue weighted by atomic mass is 79.9. The summed E-state index contributed by atoms with van der Waals surface area (Å²) in [5.41, 5.74) is 2.17. The number of carbonyl (C=O) groups excluding carboxylic acids is 1. The van der Waals surface area contributed by atoms with Gasteiger partial charge < -0.3 is 10.3 Å². The van der Waals surface area contributed by atoms with Crippen LogP contribution in [0.15, 0.2) is 53.3 Å². The summed E-state index contributed by atoms with van der Waals surface area (Å²) < 4.78 is 0.750. The number of fused-ring (bicyclic) bond motifs is 1. The van der Waals surface area contributed by atoms with Crippen molar-refractivity contribution in [1.29, 1.82) is 0 Å². The predicted octanol–water partition coefficient (Wildman–Crippen LogP) is 3.58. The van der Waals surface area contributed by atoms with Crippen molar-refractivity contribution >= 4 is 38.4 Å². The number of H-pyrrole nitrogens is 1. The fourth-order valence-corrected chi connectivity index (χ4v) is 2.21. The van der Waals surface area contributed by atoms with Crippen LogP contribution in [0, 0.1) is 0 Å². The molecule has 0 aliphatic heterocycles. The molecule has 0 atom stereocenters. The van der Waals surface area contributed by atoms with Crippen molar-refractivity contribution in [3.8, 4) is 0 Å². The van der Waals surface area contributed by atoms with Gasteiger partial charge in [-0.1, -0.05) is 18.2 Å². The maximum absolute atomic E-state index is 12.2. The van der Waals surface area contributed by atoms with Crippen molar-refractivity contribution in [2.24, 2.45) is 0 Å². The summed E-state index contributed by atoms with van der Waals surface area (Å²) in [7, 11) is 0. The van der Waals surface area contributed by atoms with Gasteiger partial charge in [-0.15, -0.1) is 0 Å². The number of para-hydroxylation sites is 1. The van der Waals surface area contributed by atoms with Gasteiger partial charge in [0, 0.05) is 23.3 Å². The zero-order chi connectivity index (χ0) is 13.2. The monoisotopic (exact) mass is 315 g/mol. The second-order valence-electron chi connectivity index (χ2n) is 4.08. The van der Waals surface area contributed by atoms with E-state index in [4.69, 9.17) is 0 Å². The molecule has 94 valence electrons. The molecule has 0 aliphatic carbocycles. The second kappa shape index (κ2) is 4.85. The van der Waals surface area contributed by atoms with E-state index in [0.29, 0.717) is 11.4 Å². The zero-order valence-corrected chi connectivity index (χ0v) is 11.4. The molecule has 1 aromatic carbocycles. The average Bonchev–Trinajstić information content (AvgIpc) is 2.85. The Morgan fingerprint density at radius 2 is 2.11 bits per heavy atom. The lowest BCUT2D eigenvalue weighted by atomic mass is 10.2. The molecule has 2 N–H and O–H groups in total. The average molecular weight is 316 g/mol. The number of hydrogen-bond acceptors (Lipinski definition) is 2. The SMILES string of the molecule is O=C(Nc1ccncc1Br)c1cc2ccccc2[nH]1. The summed E-state index contributed by atoms with van der Waals surface area (Å²) in [5.74, 6) is -0.178. The summed E-state index contributed by atoms with van der Waals surface area (Å²) in [6.07, 6.45) is 3.27. The number of hydrogen-bond donors (Lipinski definition) is 2. The third-order valence-corrected chi connectivity index (χ3v) is 3.43. The number of halogens is 1. The fourth-order valence-electron chi connectivity index (χ4n) is 1.86. The minimum absolute atomic E-state index is 0.178. The summed E-state index contributed by atoms with van der Waals surface area (Å²) in [5, 5.41) is 3.85. The summed E-state index contributed by atoms with van der Waals surface area (Å²) >= 11 is 3.34. The Hall–Kier alpha value is -2.14. The molecule has 4 nitrogen and oxygen atoms in total. The van der Waals surface area contributed by atoms with Crippen LogP contribution in [-0.2, 0) is 0 Å². The number of aromatic amines is 1. The van der Waals surface area contributed by atoms with Crippen molar-refractivity contribution < 1.29 is 4.79 Å². The van der Waals surface area contributed by atoms with Crippen LogP contribution in [0.2, 0.25) is 0 Å². The lowest BCUT2D eigenvalue weighted by molar-refractivity contribution is 0.102. The molecule has 0 bridgehead atoms. The van der Waals surface area contributed by atoms with Crippen molar-refractivity contribution in [1.82, 2.24) is 9.97 Å². The van der Waals surface area contributed by atoms with E-state index in [1.807, 2.05) is 30.3 Å². The molecule has 0 saturated carbocycles. The Kier molecular flexibility index (Phi) is 3.05. The predicted molar refractivity (Wildman–Crippen MR) is 78.2 cm³/mol. The van der Waals surface area contributed by atoms with Gasteiger partial charge in [0.2, 0.25) is 0 Å². The summed E-state index contributed by atoms with van der Waals surface area (Å²) in [6, 6.07) is 11.3. The minimum atomic E-state index is -0.178. The van der Waals surface area contributed by atoms with Crippen LogP contribution in [0.4, 0.5) is 5.69 Å². The summed E-state index contributed by atoms with van der Waals surface area (Å²) in [6.45, 7) is 0. The molecule has 0 fully saturated rings. The van der Waals surface area contributed by atoms with E-state index in [0.717, 1.165) is 15.4 Å². The standard InChI is InChI=1S/C14H10BrN3O/c15-10-8-16-6-5-12(10)18-14(19)13-7-9-3-1-2-4-11(9)17-13/h1-8,17H,(H,16,18,19). The number of amides is 1. The van der Waals surface area contributed by atoms with Gasteiger partial charge in [-0.05, 0) is 34.1 Å². The van der Waals surface area contributed by atoms with E-state index in [1.54, 1.807) is 18.5 Å². The highest BCUT2D eigenvalue weighted by Gasteiger charge is 2.10. The Bertz CT molecular complexity index is 718. The molecule has 2 heterocycles. The number of aromatic nitrogens is 2. The maximum Gasteiger partial charge on any atom is 0.272 e. The van der Waals surface area contributed by atoms with Gasteiger partial charge in [-0.2, -0.15) is 0 Å². The quantitative estimate of drug-likeness (QED) is 0.759. The zero-order valence-electron chi connectivity index (χ0n) is 9.85. The minimum Gasteiger partial charge on any atom is -0.351 e. The maximum atomic E-state index is 12.2. The number of rotatable bonds is 2. The Morgan fingerprint density at radius 3 is 2.89 bits per heavy atom. The second-order valence-corrected chi connectivity index (χ2v) is 4.93. The highest BCUT2D eigenvalue weighted by molar-refractivity contribution is 9.10. The third kappa shape index (κ3) is 2.37. The van der Waals surface area contributed by atoms with Gasteiger partial charge in [0.25, 0.3) is 5.91 Å². The van der Waals surface area contributed by atoms with Crippen molar-refractivity contribution in [3.63, 3.8) is 0 Å². The molecule has 1 amide bonds. The summed E-state index contributed by atoms with van der Waals surface area (Å²) in [4.78, 5) is 19.2. The van der Waals surface area contributed by atoms with Crippen LogP contribution in [0.5, 0.6) is 0 Å². The van der Waals surface area contributed by atoms with Gasteiger partial charge in [0.15, 0.2) is 0 Å². The number of nitrogens with zero attached hydrogens (tertiary/aromatic N) is 1. The van der Waals surface area contributed by atoms with Crippen molar-refractivity contribution in [2.75, 3.05) is 5.32 Å². The molecule has 0 spiro atoms. The van der Waals surface area contributed by atoms with E-state index >= 15 is 0 Å². The first-order chi connectivity index (χ1) is 9.24. The first-order valence-electron chi connectivity index (χ1n) is 5.72.